The van der Waals surface area contributed by atoms with E-state index >= 15 is 0 Å². The normalized spacial score (nSPS) is 12.3. The standard InChI is InChI=1S/C7H15NO3.ClH.HI/c1-8(2,3)5-6(9)4-7(10)11;;/h6,9H,4-5H2,1-3H3;2*1H. The Labute approximate surface area is 102 Å². The first-order valence-corrected chi connectivity index (χ1v) is 3.49. The second-order valence-electron chi connectivity index (χ2n) is 3.70. The number of quaternary nitrogens is 1. The number of carboxylic acids is 1. The van der Waals surface area contributed by atoms with Crippen LogP contribution in [0, 0.1) is 0 Å². The van der Waals surface area contributed by atoms with Gasteiger partial charge in [0.2, 0.25) is 0 Å². The minimum atomic E-state index is -1.20. The number of aliphatic hydroxyl groups excluding tert-OH is 1. The van der Waals surface area contributed by atoms with Crippen molar-refractivity contribution in [3.8, 4) is 0 Å². The summed E-state index contributed by atoms with van der Waals surface area (Å²) in [6.45, 7) is 0.425. The second kappa shape index (κ2) is 7.78. The number of rotatable bonds is 4. The third-order valence-electron chi connectivity index (χ3n) is 1.16. The second-order valence-corrected chi connectivity index (χ2v) is 3.70. The van der Waals surface area contributed by atoms with Crippen molar-refractivity contribution < 1.29 is 19.5 Å². The molecule has 0 saturated carbocycles. The zero-order valence-corrected chi connectivity index (χ0v) is 11.2. The number of halogens is 2. The average Bonchev–Trinajstić information content (AvgIpc) is 1.53. The number of carboxylic acid groups (broad SMARTS) is 1. The molecule has 0 radical (unpaired) electrons. The highest BCUT2D eigenvalue weighted by Crippen LogP contribution is 1.97. The van der Waals surface area contributed by atoms with Crippen LogP contribution in [0.5, 0.6) is 0 Å². The number of likely N-dealkylation sites (N-methyl/N-ethyl adjacent to an activating group) is 1. The van der Waals surface area contributed by atoms with E-state index in [9.17, 15) is 9.90 Å². The lowest BCUT2D eigenvalue weighted by Crippen LogP contribution is -2.43. The van der Waals surface area contributed by atoms with Crippen LogP contribution in [-0.4, -0.2) is 49.4 Å². The lowest BCUT2D eigenvalue weighted by atomic mass is 10.2. The highest BCUT2D eigenvalue weighted by atomic mass is 127. The molecule has 4 nitrogen and oxygen atoms in total. The van der Waals surface area contributed by atoms with E-state index in [1.165, 1.54) is 0 Å². The Morgan fingerprint density at radius 2 is 1.85 bits per heavy atom. The quantitative estimate of drug-likeness (QED) is 0.546. The minimum Gasteiger partial charge on any atom is -0.550 e. The van der Waals surface area contributed by atoms with Gasteiger partial charge in [0, 0.05) is 12.4 Å². The van der Waals surface area contributed by atoms with Crippen molar-refractivity contribution in [2.24, 2.45) is 0 Å². The van der Waals surface area contributed by atoms with E-state index in [1.807, 2.05) is 21.1 Å². The molecular formula is C7H17ClINO3. The van der Waals surface area contributed by atoms with Gasteiger partial charge in [-0.3, -0.25) is 0 Å². The predicted octanol–water partition coefficient (Wildman–Crippen LogP) is -0.767. The predicted molar refractivity (Wildman–Crippen MR) is 61.2 cm³/mol. The van der Waals surface area contributed by atoms with E-state index in [4.69, 9.17) is 5.11 Å². The molecule has 0 aromatic carbocycles. The van der Waals surface area contributed by atoms with Crippen LogP contribution in [0.25, 0.3) is 0 Å². The fourth-order valence-corrected chi connectivity index (χ4v) is 0.889. The molecule has 0 amide bonds. The summed E-state index contributed by atoms with van der Waals surface area (Å²) in [7, 11) is 5.66. The lowest BCUT2D eigenvalue weighted by molar-refractivity contribution is -0.873. The van der Waals surface area contributed by atoms with Crippen LogP contribution in [0.1, 0.15) is 6.42 Å². The molecule has 1 atom stereocenters. The van der Waals surface area contributed by atoms with Gasteiger partial charge >= 0.3 is 0 Å². The lowest BCUT2D eigenvalue weighted by Gasteiger charge is -2.26. The molecule has 0 aromatic heterocycles. The van der Waals surface area contributed by atoms with Crippen LogP contribution in [0.3, 0.4) is 0 Å². The number of aliphatic carboxylic acids is 1. The van der Waals surface area contributed by atoms with Crippen molar-refractivity contribution in [1.82, 2.24) is 0 Å². The van der Waals surface area contributed by atoms with Gasteiger partial charge in [0.15, 0.2) is 0 Å². The summed E-state index contributed by atoms with van der Waals surface area (Å²) < 4.78 is 0.550. The van der Waals surface area contributed by atoms with Gasteiger partial charge in [-0.05, 0) is 0 Å². The monoisotopic (exact) mass is 325 g/mol. The van der Waals surface area contributed by atoms with Crippen LogP contribution in [0.4, 0.5) is 0 Å². The first-order chi connectivity index (χ1) is 4.81. The Bertz CT molecular complexity index is 149. The van der Waals surface area contributed by atoms with Crippen LogP contribution in [0.15, 0.2) is 0 Å². The molecule has 0 rings (SSSR count). The Morgan fingerprint density at radius 3 is 2.08 bits per heavy atom. The van der Waals surface area contributed by atoms with Crippen molar-refractivity contribution in [3.05, 3.63) is 0 Å². The molecule has 1 unspecified atom stereocenters. The average molecular weight is 326 g/mol. The number of nitrogens with zero attached hydrogens (tertiary/aromatic N) is 1. The van der Waals surface area contributed by atoms with E-state index in [0.29, 0.717) is 11.0 Å². The van der Waals surface area contributed by atoms with Gasteiger partial charge in [-0.1, -0.05) is 0 Å². The Kier molecular flexibility index (Phi) is 11.4. The molecular weight excluding hydrogens is 308 g/mol. The van der Waals surface area contributed by atoms with Crippen molar-refractivity contribution in [2.75, 3.05) is 27.7 Å². The number of carbonyl (C=O) groups is 1. The van der Waals surface area contributed by atoms with Crippen LogP contribution >= 0.6 is 36.4 Å². The topological polar surface area (TPSA) is 60.4 Å². The van der Waals surface area contributed by atoms with Crippen molar-refractivity contribution in [2.45, 2.75) is 12.5 Å². The smallest absolute Gasteiger partial charge is 0.108 e. The van der Waals surface area contributed by atoms with Gasteiger partial charge in [-0.25, -0.2) is 0 Å². The highest BCUT2D eigenvalue weighted by Gasteiger charge is 2.14. The summed E-state index contributed by atoms with van der Waals surface area (Å²) >= 11 is 0. The minimum absolute atomic E-state index is 0. The van der Waals surface area contributed by atoms with E-state index in [1.54, 1.807) is 0 Å². The van der Waals surface area contributed by atoms with Gasteiger partial charge in [0.1, 0.15) is 12.6 Å². The summed E-state index contributed by atoms with van der Waals surface area (Å²) in [5, 5.41) is 19.1. The third-order valence-corrected chi connectivity index (χ3v) is 1.16. The van der Waals surface area contributed by atoms with Gasteiger partial charge in [0.05, 0.1) is 21.1 Å². The molecule has 0 bridgehead atoms. The first-order valence-electron chi connectivity index (χ1n) is 3.49. The molecule has 0 saturated heterocycles. The Morgan fingerprint density at radius 1 is 1.46 bits per heavy atom. The van der Waals surface area contributed by atoms with Crippen molar-refractivity contribution in [3.63, 3.8) is 0 Å². The summed E-state index contributed by atoms with van der Waals surface area (Å²) in [6.07, 6.45) is -1.09. The van der Waals surface area contributed by atoms with Crippen molar-refractivity contribution >= 4 is 42.4 Å². The molecule has 1 N–H and O–H groups in total. The summed E-state index contributed by atoms with van der Waals surface area (Å²) in [6, 6.07) is 0. The van der Waals surface area contributed by atoms with Crippen LogP contribution in [-0.2, 0) is 4.79 Å². The SMILES string of the molecule is C[N+](C)(C)CC(O)CC(=O)[O-].Cl.I. The zero-order chi connectivity index (χ0) is 9.07. The van der Waals surface area contributed by atoms with E-state index in [2.05, 4.69) is 0 Å². The third kappa shape index (κ3) is 15.2. The van der Waals surface area contributed by atoms with Crippen molar-refractivity contribution in [1.29, 1.82) is 0 Å². The molecule has 0 fully saturated rings. The Hall–Kier alpha value is 0.410. The van der Waals surface area contributed by atoms with Gasteiger partial charge in [-0.15, -0.1) is 36.4 Å². The summed E-state index contributed by atoms with van der Waals surface area (Å²) in [5.74, 6) is -1.20. The fourth-order valence-electron chi connectivity index (χ4n) is 0.889. The summed E-state index contributed by atoms with van der Waals surface area (Å²) in [4.78, 5) is 10.0. The molecule has 0 aliphatic carbocycles. The fraction of sp³-hybridized carbons (Fsp3) is 0.857. The van der Waals surface area contributed by atoms with E-state index in [-0.39, 0.29) is 42.8 Å². The number of carbonyl (C=O) groups excluding carboxylic acids is 1. The van der Waals surface area contributed by atoms with E-state index < -0.39 is 12.1 Å². The van der Waals surface area contributed by atoms with E-state index in [0.717, 1.165) is 0 Å². The maximum Gasteiger partial charge on any atom is 0.108 e. The molecule has 0 spiro atoms. The molecule has 0 heterocycles. The maximum absolute atomic E-state index is 10.0. The van der Waals surface area contributed by atoms with Gasteiger partial charge in [-0.2, -0.15) is 0 Å². The number of aliphatic hydroxyl groups is 1. The molecule has 6 heteroatoms. The van der Waals surface area contributed by atoms with Gasteiger partial charge in [0.25, 0.3) is 0 Å². The molecule has 13 heavy (non-hydrogen) atoms. The van der Waals surface area contributed by atoms with Crippen LogP contribution < -0.4 is 5.11 Å². The summed E-state index contributed by atoms with van der Waals surface area (Å²) in [5.41, 5.74) is 0. The molecule has 0 aromatic rings. The molecule has 0 aliphatic rings. The molecule has 0 aliphatic heterocycles. The Balaban J connectivity index is -0.000000500. The number of hydrogen-bond acceptors (Lipinski definition) is 3. The maximum atomic E-state index is 10.0. The number of hydrogen-bond donors (Lipinski definition) is 1. The van der Waals surface area contributed by atoms with Crippen LogP contribution in [0.2, 0.25) is 0 Å². The zero-order valence-electron chi connectivity index (χ0n) is 8.02. The highest BCUT2D eigenvalue weighted by molar-refractivity contribution is 14.0. The largest absolute Gasteiger partial charge is 0.550 e. The first kappa shape index (κ1) is 19.1. The molecule has 82 valence electrons. The van der Waals surface area contributed by atoms with Gasteiger partial charge < -0.3 is 19.5 Å².